The average Bonchev–Trinajstić information content (AvgIpc) is 3.33. The number of nitrogens with zero attached hydrogens (tertiary/aromatic N) is 1. The summed E-state index contributed by atoms with van der Waals surface area (Å²) in [5, 5.41) is 0. The fourth-order valence-corrected chi connectivity index (χ4v) is 6.38. The maximum Gasteiger partial charge on any atom is 0.416 e. The van der Waals surface area contributed by atoms with Crippen molar-refractivity contribution < 1.29 is 44.2 Å². The number of ether oxygens (including phenoxy) is 2. The van der Waals surface area contributed by atoms with Crippen molar-refractivity contribution >= 4 is 21.6 Å². The van der Waals surface area contributed by atoms with Crippen molar-refractivity contribution in [2.75, 3.05) is 11.3 Å². The van der Waals surface area contributed by atoms with Crippen LogP contribution in [-0.2, 0) is 27.1 Å². The first kappa shape index (κ1) is 31.0. The zero-order chi connectivity index (χ0) is 30.3. The molecule has 1 N–H and O–H groups in total. The van der Waals surface area contributed by atoms with Gasteiger partial charge in [-0.3, -0.25) is 4.72 Å². The molecule has 6 nitrogen and oxygen atoms in total. The highest BCUT2D eigenvalue weighted by molar-refractivity contribution is 7.92. The van der Waals surface area contributed by atoms with Gasteiger partial charge in [-0.1, -0.05) is 33.8 Å². The lowest BCUT2D eigenvalue weighted by molar-refractivity contribution is -0.143. The Balaban J connectivity index is 1.82. The molecule has 2 aliphatic rings. The molecule has 0 aromatic heterocycles. The van der Waals surface area contributed by atoms with E-state index in [1.807, 2.05) is 13.8 Å². The Labute approximate surface area is 235 Å². The van der Waals surface area contributed by atoms with Gasteiger partial charge < -0.3 is 9.47 Å². The number of rotatable bonds is 7. The molecule has 41 heavy (non-hydrogen) atoms. The number of halogens is 6. The highest BCUT2D eigenvalue weighted by atomic mass is 32.2. The molecule has 0 bridgehead atoms. The van der Waals surface area contributed by atoms with Crippen LogP contribution in [0.2, 0.25) is 0 Å². The molecule has 1 aliphatic heterocycles. The van der Waals surface area contributed by atoms with E-state index < -0.39 is 38.4 Å². The Bertz CT molecular complexity index is 1360. The first-order valence-corrected chi connectivity index (χ1v) is 14.7. The molecule has 1 heterocycles. The highest BCUT2D eigenvalue weighted by Crippen LogP contribution is 2.40. The van der Waals surface area contributed by atoms with Gasteiger partial charge in [-0.2, -0.15) is 26.3 Å². The van der Waals surface area contributed by atoms with Gasteiger partial charge in [0.05, 0.1) is 33.7 Å². The summed E-state index contributed by atoms with van der Waals surface area (Å²) in [7, 11) is -4.99. The largest absolute Gasteiger partial charge is 0.488 e. The average molecular weight is 607 g/mol. The Kier molecular flexibility index (Phi) is 8.60. The second kappa shape index (κ2) is 11.4. The number of para-hydroxylation sites is 1. The van der Waals surface area contributed by atoms with Gasteiger partial charge in [0.2, 0.25) is 5.90 Å². The van der Waals surface area contributed by atoms with Gasteiger partial charge in [-0.25, -0.2) is 13.4 Å². The van der Waals surface area contributed by atoms with Crippen LogP contribution in [-0.4, -0.2) is 33.1 Å². The van der Waals surface area contributed by atoms with Crippen LogP contribution in [0.4, 0.5) is 32.0 Å². The molecule has 1 unspecified atom stereocenters. The molecule has 0 spiro atoms. The number of nitrogens with one attached hydrogen (secondary N) is 1. The summed E-state index contributed by atoms with van der Waals surface area (Å²) in [5.74, 6) is 0.944. The van der Waals surface area contributed by atoms with Crippen molar-refractivity contribution in [2.24, 2.45) is 22.7 Å². The first-order chi connectivity index (χ1) is 18.9. The molecule has 1 fully saturated rings. The summed E-state index contributed by atoms with van der Waals surface area (Å²) < 4.78 is 122. The number of aliphatic imine (C=N–C) groups is 1. The Morgan fingerprint density at radius 3 is 2.05 bits per heavy atom. The maximum absolute atomic E-state index is 13.5. The third-order valence-electron chi connectivity index (χ3n) is 7.24. The lowest BCUT2D eigenvalue weighted by atomic mass is 9.82. The van der Waals surface area contributed by atoms with Crippen molar-refractivity contribution in [1.29, 1.82) is 0 Å². The summed E-state index contributed by atoms with van der Waals surface area (Å²) >= 11 is 0. The van der Waals surface area contributed by atoms with Gasteiger partial charge >= 0.3 is 12.4 Å². The number of hydrogen-bond donors (Lipinski definition) is 1. The standard InChI is InChI=1S/C28H32F6N2O4S/c1-15(2)23-14-39-26(35-23)22-6-5-7-24(40-20-9-16(3)8-17(4)10-20)25(22)36-41(37,38)21-12-18(27(29,30)31)11-19(13-21)28(32,33)34/h5-7,11-13,15-17,20,23,36H,8-10,14H2,1-4H3/t16-,17+,20?,23-/m1/s1. The maximum atomic E-state index is 13.5. The number of sulfonamides is 1. The smallest absolute Gasteiger partial charge is 0.416 e. The van der Waals surface area contributed by atoms with Crippen LogP contribution in [0.3, 0.4) is 0 Å². The quantitative estimate of drug-likeness (QED) is 0.331. The van der Waals surface area contributed by atoms with Crippen LogP contribution in [0.25, 0.3) is 0 Å². The van der Waals surface area contributed by atoms with Gasteiger partial charge in [-0.05, 0) is 67.3 Å². The van der Waals surface area contributed by atoms with Gasteiger partial charge in [0.15, 0.2) is 0 Å². The van der Waals surface area contributed by atoms with Gasteiger partial charge in [0.1, 0.15) is 18.0 Å². The Morgan fingerprint density at radius 1 is 0.951 bits per heavy atom. The summed E-state index contributed by atoms with van der Waals surface area (Å²) in [5.41, 5.74) is -3.50. The molecule has 13 heteroatoms. The van der Waals surface area contributed by atoms with E-state index in [0.29, 0.717) is 24.7 Å². The SMILES string of the molecule is CC(C)[C@H]1COC(c2cccc(OC3C[C@@H](C)C[C@@H](C)C3)c2NS(=O)(=O)c2cc(C(F)(F)F)cc(C(F)(F)F)c2)=N1. The van der Waals surface area contributed by atoms with Crippen molar-refractivity contribution in [1.82, 2.24) is 0 Å². The number of anilines is 1. The second-order valence-electron chi connectivity index (χ2n) is 11.2. The fraction of sp³-hybridized carbons (Fsp3) is 0.536. The predicted molar refractivity (Wildman–Crippen MR) is 141 cm³/mol. The minimum absolute atomic E-state index is 0.0692. The lowest BCUT2D eigenvalue weighted by Gasteiger charge is -2.32. The van der Waals surface area contributed by atoms with Crippen molar-refractivity contribution in [2.45, 2.75) is 76.4 Å². The molecular weight excluding hydrogens is 574 g/mol. The number of benzene rings is 2. The number of hydrogen-bond acceptors (Lipinski definition) is 5. The molecule has 1 aliphatic carbocycles. The van der Waals surface area contributed by atoms with E-state index in [0.717, 1.165) is 6.42 Å². The van der Waals surface area contributed by atoms with Crippen LogP contribution in [0.15, 0.2) is 46.3 Å². The highest BCUT2D eigenvalue weighted by Gasteiger charge is 2.39. The third kappa shape index (κ3) is 7.28. The normalized spacial score (nSPS) is 23.7. The van der Waals surface area contributed by atoms with Crippen molar-refractivity contribution in [3.63, 3.8) is 0 Å². The van der Waals surface area contributed by atoms with E-state index in [4.69, 9.17) is 9.47 Å². The third-order valence-corrected chi connectivity index (χ3v) is 8.57. The van der Waals surface area contributed by atoms with Crippen LogP contribution in [0.1, 0.15) is 63.6 Å². The second-order valence-corrected chi connectivity index (χ2v) is 12.9. The van der Waals surface area contributed by atoms with Gasteiger partial charge in [0, 0.05) is 0 Å². The minimum Gasteiger partial charge on any atom is -0.488 e. The Morgan fingerprint density at radius 2 is 1.54 bits per heavy atom. The lowest BCUT2D eigenvalue weighted by Crippen LogP contribution is -2.29. The van der Waals surface area contributed by atoms with Crippen molar-refractivity contribution in [3.05, 3.63) is 53.1 Å². The molecule has 4 rings (SSSR count). The summed E-state index contributed by atoms with van der Waals surface area (Å²) in [6, 6.07) is 4.59. The molecule has 2 aromatic rings. The summed E-state index contributed by atoms with van der Waals surface area (Å²) in [6.45, 7) is 8.24. The topological polar surface area (TPSA) is 77.0 Å². The van der Waals surface area contributed by atoms with E-state index in [9.17, 15) is 34.8 Å². The first-order valence-electron chi connectivity index (χ1n) is 13.3. The monoisotopic (exact) mass is 606 g/mol. The minimum atomic E-state index is -5.22. The zero-order valence-electron chi connectivity index (χ0n) is 22.9. The molecule has 0 radical (unpaired) electrons. The van der Waals surface area contributed by atoms with Crippen LogP contribution in [0.5, 0.6) is 5.75 Å². The van der Waals surface area contributed by atoms with E-state index in [2.05, 4.69) is 23.6 Å². The van der Waals surface area contributed by atoms with Gasteiger partial charge in [-0.15, -0.1) is 0 Å². The molecule has 1 saturated carbocycles. The van der Waals surface area contributed by atoms with E-state index in [1.165, 1.54) is 12.1 Å². The number of alkyl halides is 6. The predicted octanol–water partition coefficient (Wildman–Crippen LogP) is 7.53. The van der Waals surface area contributed by atoms with E-state index in [-0.39, 0.29) is 65.8 Å². The molecule has 226 valence electrons. The van der Waals surface area contributed by atoms with Crippen LogP contribution >= 0.6 is 0 Å². The summed E-state index contributed by atoms with van der Waals surface area (Å²) in [6.07, 6.45) is -8.34. The fourth-order valence-electron chi connectivity index (χ4n) is 5.21. The molecule has 4 atom stereocenters. The molecular formula is C28H32F6N2O4S. The zero-order valence-corrected chi connectivity index (χ0v) is 23.8. The van der Waals surface area contributed by atoms with E-state index >= 15 is 0 Å². The van der Waals surface area contributed by atoms with Gasteiger partial charge in [0.25, 0.3) is 10.0 Å². The summed E-state index contributed by atoms with van der Waals surface area (Å²) in [4.78, 5) is 3.33. The van der Waals surface area contributed by atoms with Crippen LogP contribution < -0.4 is 9.46 Å². The van der Waals surface area contributed by atoms with E-state index in [1.54, 1.807) is 6.07 Å². The Hall–Kier alpha value is -2.96. The molecule has 0 amide bonds. The van der Waals surface area contributed by atoms with Crippen LogP contribution in [0, 0.1) is 17.8 Å². The molecule has 2 aromatic carbocycles. The van der Waals surface area contributed by atoms with Crippen molar-refractivity contribution in [3.8, 4) is 5.75 Å². The molecule has 0 saturated heterocycles.